The van der Waals surface area contributed by atoms with Gasteiger partial charge in [0.1, 0.15) is 18.0 Å². The number of rotatable bonds is 3. The van der Waals surface area contributed by atoms with Gasteiger partial charge in [-0.2, -0.15) is 0 Å². The van der Waals surface area contributed by atoms with Crippen molar-refractivity contribution in [2.75, 3.05) is 6.61 Å². The third-order valence-electron chi connectivity index (χ3n) is 2.90. The minimum Gasteiger partial charge on any atom is -0.478 e. The van der Waals surface area contributed by atoms with Crippen LogP contribution in [0.4, 0.5) is 4.39 Å². The van der Waals surface area contributed by atoms with Crippen LogP contribution in [0.15, 0.2) is 23.2 Å². The summed E-state index contributed by atoms with van der Waals surface area (Å²) >= 11 is 5.79. The molecule has 17 heavy (non-hydrogen) atoms. The number of ether oxygens (including phenoxy) is 1. The van der Waals surface area contributed by atoms with Gasteiger partial charge >= 0.3 is 0 Å². The molecular formula is C13H15ClFNO. The Morgan fingerprint density at radius 3 is 2.94 bits per heavy atom. The van der Waals surface area contributed by atoms with Gasteiger partial charge in [-0.1, -0.05) is 24.6 Å². The molecule has 0 saturated carbocycles. The van der Waals surface area contributed by atoms with Gasteiger partial charge in [0.15, 0.2) is 5.90 Å². The van der Waals surface area contributed by atoms with Crippen LogP contribution in [0, 0.1) is 5.82 Å². The number of benzene rings is 1. The highest BCUT2D eigenvalue weighted by atomic mass is 35.5. The number of hydrogen-bond donors (Lipinski definition) is 0. The molecule has 0 radical (unpaired) electrons. The molecule has 4 heteroatoms. The maximum absolute atomic E-state index is 13.1. The molecular weight excluding hydrogens is 241 g/mol. The summed E-state index contributed by atoms with van der Waals surface area (Å²) in [6.45, 7) is 4.54. The fraction of sp³-hybridized carbons (Fsp3) is 0.462. The normalized spacial score (nSPS) is 23.4. The van der Waals surface area contributed by atoms with Gasteiger partial charge in [0.25, 0.3) is 0 Å². The Balaban J connectivity index is 2.30. The van der Waals surface area contributed by atoms with E-state index in [4.69, 9.17) is 16.3 Å². The average molecular weight is 256 g/mol. The molecule has 0 saturated heterocycles. The van der Waals surface area contributed by atoms with E-state index in [0.29, 0.717) is 6.61 Å². The van der Waals surface area contributed by atoms with Gasteiger partial charge in [-0.3, -0.25) is 0 Å². The topological polar surface area (TPSA) is 21.6 Å². The van der Waals surface area contributed by atoms with Crippen LogP contribution in [-0.4, -0.2) is 12.5 Å². The van der Waals surface area contributed by atoms with E-state index in [1.54, 1.807) is 12.1 Å². The molecule has 1 aliphatic rings. The first-order valence-corrected chi connectivity index (χ1v) is 6.10. The number of nitrogens with zero attached hydrogens (tertiary/aromatic N) is 1. The summed E-state index contributed by atoms with van der Waals surface area (Å²) in [6.07, 6.45) is 1.84. The van der Waals surface area contributed by atoms with E-state index in [1.165, 1.54) is 6.07 Å². The van der Waals surface area contributed by atoms with E-state index in [-0.39, 0.29) is 5.02 Å². The summed E-state index contributed by atoms with van der Waals surface area (Å²) in [5.74, 6) is 0.367. The molecule has 0 bridgehead atoms. The minimum atomic E-state index is -0.443. The van der Waals surface area contributed by atoms with Crippen LogP contribution in [0.1, 0.15) is 32.3 Å². The van der Waals surface area contributed by atoms with E-state index in [1.807, 2.05) is 6.92 Å². The van der Waals surface area contributed by atoms with Crippen molar-refractivity contribution in [1.29, 1.82) is 0 Å². The van der Waals surface area contributed by atoms with Crippen molar-refractivity contribution < 1.29 is 9.13 Å². The second kappa shape index (κ2) is 4.65. The average Bonchev–Trinajstić information content (AvgIpc) is 2.66. The smallest absolute Gasteiger partial charge is 0.184 e. The van der Waals surface area contributed by atoms with Gasteiger partial charge in [0.2, 0.25) is 0 Å². The highest BCUT2D eigenvalue weighted by Crippen LogP contribution is 2.33. The van der Waals surface area contributed by atoms with Gasteiger partial charge in [0.05, 0.1) is 5.02 Å². The van der Waals surface area contributed by atoms with Crippen LogP contribution < -0.4 is 0 Å². The van der Waals surface area contributed by atoms with Gasteiger partial charge in [0, 0.05) is 6.42 Å². The van der Waals surface area contributed by atoms with Crippen molar-refractivity contribution in [3.63, 3.8) is 0 Å². The third kappa shape index (κ3) is 2.44. The van der Waals surface area contributed by atoms with Crippen LogP contribution >= 0.6 is 11.6 Å². The first-order chi connectivity index (χ1) is 8.05. The van der Waals surface area contributed by atoms with E-state index in [0.717, 1.165) is 24.3 Å². The molecule has 1 aliphatic heterocycles. The fourth-order valence-electron chi connectivity index (χ4n) is 1.88. The van der Waals surface area contributed by atoms with E-state index in [9.17, 15) is 4.39 Å². The van der Waals surface area contributed by atoms with Gasteiger partial charge < -0.3 is 4.74 Å². The first kappa shape index (κ1) is 12.4. The number of hydrogen-bond acceptors (Lipinski definition) is 2. The van der Waals surface area contributed by atoms with Crippen LogP contribution in [0.3, 0.4) is 0 Å². The highest BCUT2D eigenvalue weighted by Gasteiger charge is 2.33. The molecule has 0 fully saturated rings. The number of aliphatic imine (C=N–C) groups is 1. The summed E-state index contributed by atoms with van der Waals surface area (Å²) in [5.41, 5.74) is 0.442. The van der Waals surface area contributed by atoms with Gasteiger partial charge in [-0.25, -0.2) is 9.38 Å². The summed E-state index contributed by atoms with van der Waals surface area (Å²) in [4.78, 5) is 4.56. The molecule has 0 N–H and O–H groups in total. The molecule has 1 atom stereocenters. The van der Waals surface area contributed by atoms with Crippen molar-refractivity contribution in [3.8, 4) is 0 Å². The predicted molar refractivity (Wildman–Crippen MR) is 67.1 cm³/mol. The second-order valence-corrected chi connectivity index (χ2v) is 4.85. The zero-order valence-corrected chi connectivity index (χ0v) is 10.7. The standard InChI is InChI=1S/C13H15ClFNO/c1-3-4-12-16-13(2,8-17-12)9-5-6-11(15)10(14)7-9/h5-7H,3-4,8H2,1-2H3. The fourth-order valence-corrected chi connectivity index (χ4v) is 2.07. The molecule has 1 heterocycles. The molecule has 0 amide bonds. The lowest BCUT2D eigenvalue weighted by atomic mass is 9.94. The van der Waals surface area contributed by atoms with Crippen molar-refractivity contribution in [1.82, 2.24) is 0 Å². The lowest BCUT2D eigenvalue weighted by molar-refractivity contribution is 0.264. The lowest BCUT2D eigenvalue weighted by Crippen LogP contribution is -2.20. The lowest BCUT2D eigenvalue weighted by Gasteiger charge is -2.19. The molecule has 2 rings (SSSR count). The van der Waals surface area contributed by atoms with Crippen molar-refractivity contribution in [3.05, 3.63) is 34.6 Å². The Bertz CT molecular complexity index is 461. The summed E-state index contributed by atoms with van der Waals surface area (Å²) in [7, 11) is 0. The van der Waals surface area contributed by atoms with Crippen LogP contribution in [0.25, 0.3) is 0 Å². The Morgan fingerprint density at radius 1 is 1.53 bits per heavy atom. The SMILES string of the molecule is CCCC1=NC(C)(c2ccc(F)c(Cl)c2)CO1. The molecule has 2 nitrogen and oxygen atoms in total. The van der Waals surface area contributed by atoms with E-state index >= 15 is 0 Å². The van der Waals surface area contributed by atoms with Gasteiger partial charge in [-0.15, -0.1) is 0 Å². The Kier molecular flexibility index (Phi) is 3.38. The molecule has 1 aromatic rings. The van der Waals surface area contributed by atoms with Crippen molar-refractivity contribution in [2.24, 2.45) is 4.99 Å². The summed E-state index contributed by atoms with van der Waals surface area (Å²) in [5, 5.41) is 0.128. The molecule has 0 spiro atoms. The Hall–Kier alpha value is -1.09. The summed E-state index contributed by atoms with van der Waals surface area (Å²) < 4.78 is 18.7. The van der Waals surface area contributed by atoms with Crippen molar-refractivity contribution in [2.45, 2.75) is 32.2 Å². The Morgan fingerprint density at radius 2 is 2.29 bits per heavy atom. The van der Waals surface area contributed by atoms with Crippen LogP contribution in [-0.2, 0) is 10.3 Å². The third-order valence-corrected chi connectivity index (χ3v) is 3.19. The number of halogens is 2. The maximum atomic E-state index is 13.1. The first-order valence-electron chi connectivity index (χ1n) is 5.72. The zero-order chi connectivity index (χ0) is 12.5. The second-order valence-electron chi connectivity index (χ2n) is 4.45. The predicted octanol–water partition coefficient (Wildman–Crippen LogP) is 3.92. The molecule has 92 valence electrons. The van der Waals surface area contributed by atoms with Crippen LogP contribution in [0.2, 0.25) is 5.02 Å². The molecule has 0 aromatic heterocycles. The monoisotopic (exact) mass is 255 g/mol. The minimum absolute atomic E-state index is 0.128. The van der Waals surface area contributed by atoms with Crippen LogP contribution in [0.5, 0.6) is 0 Å². The zero-order valence-electron chi connectivity index (χ0n) is 9.96. The molecule has 1 unspecified atom stereocenters. The maximum Gasteiger partial charge on any atom is 0.184 e. The van der Waals surface area contributed by atoms with Crippen molar-refractivity contribution >= 4 is 17.5 Å². The van der Waals surface area contributed by atoms with Gasteiger partial charge in [-0.05, 0) is 31.0 Å². The Labute approximate surface area is 105 Å². The van der Waals surface area contributed by atoms with E-state index in [2.05, 4.69) is 11.9 Å². The highest BCUT2D eigenvalue weighted by molar-refractivity contribution is 6.30. The van der Waals surface area contributed by atoms with E-state index < -0.39 is 11.4 Å². The largest absolute Gasteiger partial charge is 0.478 e. The molecule has 0 aliphatic carbocycles. The molecule has 1 aromatic carbocycles. The summed E-state index contributed by atoms with van der Waals surface area (Å²) in [6, 6.07) is 4.71. The quantitative estimate of drug-likeness (QED) is 0.802.